The van der Waals surface area contributed by atoms with E-state index >= 15 is 0 Å². The lowest BCUT2D eigenvalue weighted by molar-refractivity contribution is 0.596. The number of hydrogen-bond acceptors (Lipinski definition) is 5. The molecule has 4 rings (SSSR count). The average Bonchev–Trinajstić information content (AvgIpc) is 2.71. The molecule has 0 radical (unpaired) electrons. The minimum atomic E-state index is -0.281. The van der Waals surface area contributed by atoms with Crippen LogP contribution in [0.3, 0.4) is 0 Å². The van der Waals surface area contributed by atoms with Crippen LogP contribution >= 0.6 is 0 Å². The number of benzene rings is 2. The summed E-state index contributed by atoms with van der Waals surface area (Å²) in [7, 11) is 0. The molecule has 3 aromatic rings. The molecular weight excluding hydrogens is 348 g/mol. The van der Waals surface area contributed by atoms with E-state index in [1.165, 1.54) is 24.5 Å². The molecule has 1 aliphatic heterocycles. The van der Waals surface area contributed by atoms with E-state index in [4.69, 9.17) is 0 Å². The molecule has 2 aromatic carbocycles. The third-order valence-electron chi connectivity index (χ3n) is 4.57. The summed E-state index contributed by atoms with van der Waals surface area (Å²) in [6.07, 6.45) is 1.50. The summed E-state index contributed by atoms with van der Waals surface area (Å²) in [6, 6.07) is 14.8. The number of hydrogen-bond donors (Lipinski definition) is 1. The zero-order valence-corrected chi connectivity index (χ0v) is 14.6. The minimum absolute atomic E-state index is 0.196. The Balaban J connectivity index is 1.42. The highest BCUT2D eigenvalue weighted by molar-refractivity contribution is 5.59. The summed E-state index contributed by atoms with van der Waals surface area (Å²) in [5.41, 5.74) is 1.39. The zero-order valence-electron chi connectivity index (χ0n) is 14.6. The highest BCUT2D eigenvalue weighted by Crippen LogP contribution is 2.23. The van der Waals surface area contributed by atoms with Crippen molar-refractivity contribution in [1.29, 1.82) is 0 Å². The Labute approximate surface area is 156 Å². The van der Waals surface area contributed by atoms with Crippen molar-refractivity contribution in [2.75, 3.05) is 41.3 Å². The summed E-state index contributed by atoms with van der Waals surface area (Å²) in [4.78, 5) is 12.8. The molecule has 1 aliphatic rings. The topological polar surface area (TPSA) is 44.3 Å². The maximum atomic E-state index is 14.0. The van der Waals surface area contributed by atoms with E-state index in [2.05, 4.69) is 20.2 Å². The van der Waals surface area contributed by atoms with Crippen LogP contribution in [0.15, 0.2) is 60.9 Å². The fourth-order valence-corrected chi connectivity index (χ4v) is 3.15. The second kappa shape index (κ2) is 7.57. The molecular formula is C20H19F2N5. The summed E-state index contributed by atoms with van der Waals surface area (Å²) < 4.78 is 27.0. The van der Waals surface area contributed by atoms with Crippen LogP contribution in [0.1, 0.15) is 0 Å². The third-order valence-corrected chi connectivity index (χ3v) is 4.57. The van der Waals surface area contributed by atoms with Crippen LogP contribution in [-0.2, 0) is 0 Å². The Morgan fingerprint density at radius 1 is 0.815 bits per heavy atom. The third kappa shape index (κ3) is 3.97. The molecule has 5 nitrogen and oxygen atoms in total. The number of nitrogens with zero attached hydrogens (tertiary/aromatic N) is 4. The van der Waals surface area contributed by atoms with E-state index in [9.17, 15) is 8.78 Å². The van der Waals surface area contributed by atoms with E-state index in [0.717, 1.165) is 24.6 Å². The standard InChI is InChI=1S/C20H19F2N5/c21-15-5-7-16(8-6-15)25-19-13-20(24-14-23-19)27-11-9-26(10-12-27)18-4-2-1-3-17(18)22/h1-8,13-14H,9-12H2,(H,23,24,25). The summed E-state index contributed by atoms with van der Waals surface area (Å²) in [5.74, 6) is 0.973. The van der Waals surface area contributed by atoms with Crippen LogP contribution in [0.25, 0.3) is 0 Å². The van der Waals surface area contributed by atoms with E-state index < -0.39 is 0 Å². The Bertz CT molecular complexity index is 908. The fourth-order valence-electron chi connectivity index (χ4n) is 3.15. The molecule has 0 saturated carbocycles. The lowest BCUT2D eigenvalue weighted by atomic mass is 10.2. The average molecular weight is 367 g/mol. The first-order valence-corrected chi connectivity index (χ1v) is 8.78. The molecule has 138 valence electrons. The van der Waals surface area contributed by atoms with Crippen molar-refractivity contribution in [1.82, 2.24) is 9.97 Å². The molecule has 0 atom stereocenters. The van der Waals surface area contributed by atoms with Crippen LogP contribution in [0, 0.1) is 11.6 Å². The number of para-hydroxylation sites is 1. The van der Waals surface area contributed by atoms with Crippen LogP contribution in [0.5, 0.6) is 0 Å². The van der Waals surface area contributed by atoms with Gasteiger partial charge in [-0.1, -0.05) is 12.1 Å². The van der Waals surface area contributed by atoms with Crippen LogP contribution in [0.2, 0.25) is 0 Å². The van der Waals surface area contributed by atoms with Gasteiger partial charge in [-0.25, -0.2) is 18.7 Å². The highest BCUT2D eigenvalue weighted by atomic mass is 19.1. The molecule has 0 spiro atoms. The molecule has 27 heavy (non-hydrogen) atoms. The lowest BCUT2D eigenvalue weighted by Crippen LogP contribution is -2.47. The molecule has 1 saturated heterocycles. The normalized spacial score (nSPS) is 14.3. The molecule has 0 aliphatic carbocycles. The summed E-state index contributed by atoms with van der Waals surface area (Å²) in [6.45, 7) is 2.90. The molecule has 1 fully saturated rings. The van der Waals surface area contributed by atoms with Gasteiger partial charge in [-0.2, -0.15) is 0 Å². The van der Waals surface area contributed by atoms with Gasteiger partial charge in [0.2, 0.25) is 0 Å². The van der Waals surface area contributed by atoms with Gasteiger partial charge in [-0.05, 0) is 36.4 Å². The van der Waals surface area contributed by atoms with Crippen molar-refractivity contribution in [2.24, 2.45) is 0 Å². The van der Waals surface area contributed by atoms with Crippen molar-refractivity contribution in [3.05, 3.63) is 72.6 Å². The van der Waals surface area contributed by atoms with Gasteiger partial charge in [0.1, 0.15) is 29.6 Å². The van der Waals surface area contributed by atoms with Crippen molar-refractivity contribution < 1.29 is 8.78 Å². The maximum absolute atomic E-state index is 14.0. The van der Waals surface area contributed by atoms with E-state index in [1.54, 1.807) is 24.3 Å². The zero-order chi connectivity index (χ0) is 18.6. The largest absolute Gasteiger partial charge is 0.366 e. The van der Waals surface area contributed by atoms with E-state index in [0.29, 0.717) is 24.6 Å². The molecule has 2 heterocycles. The highest BCUT2D eigenvalue weighted by Gasteiger charge is 2.20. The molecule has 1 N–H and O–H groups in total. The Kier molecular flexibility index (Phi) is 4.82. The second-order valence-corrected chi connectivity index (χ2v) is 6.32. The van der Waals surface area contributed by atoms with Gasteiger partial charge in [-0.3, -0.25) is 0 Å². The molecule has 0 amide bonds. The van der Waals surface area contributed by atoms with Crippen LogP contribution in [0.4, 0.5) is 31.8 Å². The number of aromatic nitrogens is 2. The Morgan fingerprint density at radius 3 is 2.26 bits per heavy atom. The first-order chi connectivity index (χ1) is 13.2. The van der Waals surface area contributed by atoms with E-state index in [-0.39, 0.29) is 11.6 Å². The first kappa shape index (κ1) is 17.2. The van der Waals surface area contributed by atoms with Gasteiger partial charge in [0.05, 0.1) is 5.69 Å². The monoisotopic (exact) mass is 367 g/mol. The number of anilines is 4. The van der Waals surface area contributed by atoms with Gasteiger partial charge < -0.3 is 15.1 Å². The Morgan fingerprint density at radius 2 is 1.52 bits per heavy atom. The Hall–Kier alpha value is -3.22. The van der Waals surface area contributed by atoms with E-state index in [1.807, 2.05) is 17.0 Å². The van der Waals surface area contributed by atoms with Crippen molar-refractivity contribution in [2.45, 2.75) is 0 Å². The predicted molar refractivity (Wildman–Crippen MR) is 103 cm³/mol. The number of piperazine rings is 1. The smallest absolute Gasteiger partial charge is 0.146 e. The number of halogens is 2. The predicted octanol–water partition coefficient (Wildman–Crippen LogP) is 3.83. The van der Waals surface area contributed by atoms with Crippen LogP contribution in [-0.4, -0.2) is 36.1 Å². The van der Waals surface area contributed by atoms with Crippen molar-refractivity contribution in [3.8, 4) is 0 Å². The molecule has 1 aromatic heterocycles. The molecule has 7 heteroatoms. The first-order valence-electron chi connectivity index (χ1n) is 8.78. The van der Waals surface area contributed by atoms with Crippen LogP contribution < -0.4 is 15.1 Å². The molecule has 0 unspecified atom stereocenters. The SMILES string of the molecule is Fc1ccc(Nc2cc(N3CCN(c4ccccc4F)CC3)ncn2)cc1. The van der Waals surface area contributed by atoms with Crippen molar-refractivity contribution in [3.63, 3.8) is 0 Å². The quantitative estimate of drug-likeness (QED) is 0.759. The summed E-state index contributed by atoms with van der Waals surface area (Å²) >= 11 is 0. The van der Waals surface area contributed by atoms with Gasteiger partial charge >= 0.3 is 0 Å². The minimum Gasteiger partial charge on any atom is -0.366 e. The molecule has 0 bridgehead atoms. The van der Waals surface area contributed by atoms with Gasteiger partial charge in [0.15, 0.2) is 0 Å². The summed E-state index contributed by atoms with van der Waals surface area (Å²) in [5, 5.41) is 3.15. The second-order valence-electron chi connectivity index (χ2n) is 6.32. The number of nitrogens with one attached hydrogen (secondary N) is 1. The van der Waals surface area contributed by atoms with Crippen molar-refractivity contribution >= 4 is 23.0 Å². The van der Waals surface area contributed by atoms with Gasteiger partial charge in [0, 0.05) is 37.9 Å². The van der Waals surface area contributed by atoms with Gasteiger partial charge in [-0.15, -0.1) is 0 Å². The number of rotatable bonds is 4. The lowest BCUT2D eigenvalue weighted by Gasteiger charge is -2.36. The fraction of sp³-hybridized carbons (Fsp3) is 0.200. The van der Waals surface area contributed by atoms with Gasteiger partial charge in [0.25, 0.3) is 0 Å². The maximum Gasteiger partial charge on any atom is 0.146 e.